The lowest BCUT2D eigenvalue weighted by molar-refractivity contribution is 0.395. The van der Waals surface area contributed by atoms with Gasteiger partial charge < -0.3 is 16.8 Å². The number of nitrogens with zero attached hydrogens (tertiary/aromatic N) is 3. The number of nitrogens with one attached hydrogen (secondary N) is 1. The van der Waals surface area contributed by atoms with Gasteiger partial charge in [0.15, 0.2) is 0 Å². The van der Waals surface area contributed by atoms with E-state index < -0.39 is 0 Å². The Bertz CT molecular complexity index is 416. The Morgan fingerprint density at radius 1 is 0.818 bits per heavy atom. The average Bonchev–Trinajstić information content (AvgIpc) is 2.43. The molecule has 126 valence electrons. The fourth-order valence-electron chi connectivity index (χ4n) is 2.69. The van der Waals surface area contributed by atoms with Gasteiger partial charge in [0, 0.05) is 5.54 Å². The average molecular weight is 308 g/mol. The molecule has 0 aliphatic heterocycles. The predicted molar refractivity (Wildman–Crippen MR) is 93.6 cm³/mol. The molecule has 0 saturated heterocycles. The molecule has 0 saturated carbocycles. The largest absolute Gasteiger partial charge is 0.368 e. The van der Waals surface area contributed by atoms with Crippen molar-refractivity contribution in [2.75, 3.05) is 16.8 Å². The maximum absolute atomic E-state index is 5.66. The van der Waals surface area contributed by atoms with Gasteiger partial charge in [0.05, 0.1) is 0 Å². The van der Waals surface area contributed by atoms with Crippen LogP contribution in [0.3, 0.4) is 0 Å². The molecule has 6 heteroatoms. The Morgan fingerprint density at radius 2 is 1.32 bits per heavy atom. The molecule has 0 fully saturated rings. The molecule has 1 unspecified atom stereocenters. The maximum atomic E-state index is 5.66. The normalized spacial score (nSPS) is 13.8. The van der Waals surface area contributed by atoms with Crippen molar-refractivity contribution in [2.24, 2.45) is 0 Å². The van der Waals surface area contributed by atoms with Gasteiger partial charge in [-0.3, -0.25) is 0 Å². The van der Waals surface area contributed by atoms with E-state index in [-0.39, 0.29) is 17.4 Å². The second kappa shape index (κ2) is 9.43. The first-order chi connectivity index (χ1) is 10.5. The van der Waals surface area contributed by atoms with Crippen molar-refractivity contribution < 1.29 is 0 Å². The highest BCUT2D eigenvalue weighted by Crippen LogP contribution is 2.26. The van der Waals surface area contributed by atoms with Crippen molar-refractivity contribution in [3.8, 4) is 0 Å². The number of nitrogens with two attached hydrogens (primary N) is 2. The first-order valence-electron chi connectivity index (χ1n) is 8.54. The van der Waals surface area contributed by atoms with Crippen LogP contribution in [0.5, 0.6) is 0 Å². The van der Waals surface area contributed by atoms with Crippen LogP contribution in [0.2, 0.25) is 0 Å². The number of hydrogen-bond donors (Lipinski definition) is 3. The molecular weight excluding hydrogens is 276 g/mol. The fraction of sp³-hybridized carbons (Fsp3) is 0.812. The fourth-order valence-corrected chi connectivity index (χ4v) is 2.69. The van der Waals surface area contributed by atoms with Gasteiger partial charge in [-0.2, -0.15) is 15.0 Å². The summed E-state index contributed by atoms with van der Waals surface area (Å²) in [6.45, 7) is 6.69. The number of rotatable bonds is 11. The molecule has 1 aromatic rings. The monoisotopic (exact) mass is 308 g/mol. The minimum absolute atomic E-state index is 0.0247. The summed E-state index contributed by atoms with van der Waals surface area (Å²) in [5, 5.41) is 3.45. The van der Waals surface area contributed by atoms with Crippen LogP contribution in [0, 0.1) is 0 Å². The van der Waals surface area contributed by atoms with Crippen LogP contribution in [-0.4, -0.2) is 20.5 Å². The van der Waals surface area contributed by atoms with Crippen molar-refractivity contribution in [1.29, 1.82) is 0 Å². The molecule has 0 aliphatic carbocycles. The number of aromatic nitrogens is 3. The van der Waals surface area contributed by atoms with E-state index in [9.17, 15) is 0 Å². The summed E-state index contributed by atoms with van der Waals surface area (Å²) in [4.78, 5) is 12.1. The number of hydrogen-bond acceptors (Lipinski definition) is 6. The molecule has 0 amide bonds. The maximum Gasteiger partial charge on any atom is 0.229 e. The van der Waals surface area contributed by atoms with E-state index in [1.807, 2.05) is 0 Å². The van der Waals surface area contributed by atoms with Crippen molar-refractivity contribution in [1.82, 2.24) is 15.0 Å². The third-order valence-corrected chi connectivity index (χ3v) is 4.00. The highest BCUT2D eigenvalue weighted by molar-refractivity contribution is 5.39. The molecule has 1 heterocycles. The number of anilines is 3. The molecule has 0 aromatic carbocycles. The van der Waals surface area contributed by atoms with Gasteiger partial charge in [0.1, 0.15) is 0 Å². The van der Waals surface area contributed by atoms with Crippen LogP contribution in [0.25, 0.3) is 0 Å². The summed E-state index contributed by atoms with van der Waals surface area (Å²) in [6, 6.07) is 0. The molecule has 22 heavy (non-hydrogen) atoms. The molecular formula is C16H32N6. The van der Waals surface area contributed by atoms with Gasteiger partial charge in [0.25, 0.3) is 0 Å². The summed E-state index contributed by atoms with van der Waals surface area (Å²) >= 11 is 0. The Morgan fingerprint density at radius 3 is 1.86 bits per heavy atom. The third-order valence-electron chi connectivity index (χ3n) is 4.00. The summed E-state index contributed by atoms with van der Waals surface area (Å²) < 4.78 is 0. The Balaban J connectivity index is 2.70. The smallest absolute Gasteiger partial charge is 0.229 e. The van der Waals surface area contributed by atoms with E-state index in [0.29, 0.717) is 5.95 Å². The van der Waals surface area contributed by atoms with Gasteiger partial charge in [-0.15, -0.1) is 0 Å². The SMILES string of the molecule is CCCCCCC(C)(CCCCC)Nc1nc(N)nc(N)n1. The molecule has 0 spiro atoms. The van der Waals surface area contributed by atoms with Crippen molar-refractivity contribution in [3.63, 3.8) is 0 Å². The molecule has 0 radical (unpaired) electrons. The van der Waals surface area contributed by atoms with Gasteiger partial charge >= 0.3 is 0 Å². The molecule has 6 nitrogen and oxygen atoms in total. The highest BCUT2D eigenvalue weighted by atomic mass is 15.2. The second-order valence-electron chi connectivity index (χ2n) is 6.33. The lowest BCUT2D eigenvalue weighted by Gasteiger charge is -2.31. The van der Waals surface area contributed by atoms with Gasteiger partial charge in [0.2, 0.25) is 17.8 Å². The van der Waals surface area contributed by atoms with Crippen molar-refractivity contribution in [2.45, 2.75) is 84.1 Å². The Hall–Kier alpha value is -1.59. The number of unbranched alkanes of at least 4 members (excludes halogenated alkanes) is 5. The first-order valence-corrected chi connectivity index (χ1v) is 8.54. The van der Waals surface area contributed by atoms with E-state index in [1.165, 1.54) is 44.9 Å². The molecule has 5 N–H and O–H groups in total. The molecule has 0 bridgehead atoms. The first kappa shape index (κ1) is 18.5. The lowest BCUT2D eigenvalue weighted by atomic mass is 9.88. The number of nitrogen functional groups attached to an aromatic ring is 2. The Labute approximate surface area is 134 Å². The van der Waals surface area contributed by atoms with E-state index in [1.54, 1.807) is 0 Å². The predicted octanol–water partition coefficient (Wildman–Crippen LogP) is 3.76. The summed E-state index contributed by atoms with van der Waals surface area (Å²) in [6.07, 6.45) is 10.9. The highest BCUT2D eigenvalue weighted by Gasteiger charge is 2.24. The standard InChI is InChI=1S/C16H32N6/c1-4-6-8-10-12-16(3,11-9-7-5-2)22-15-20-13(17)19-14(18)21-15/h4-12H2,1-3H3,(H5,17,18,19,20,21,22). The van der Waals surface area contributed by atoms with Gasteiger partial charge in [-0.25, -0.2) is 0 Å². The second-order valence-corrected chi connectivity index (χ2v) is 6.33. The topological polar surface area (TPSA) is 103 Å². The van der Waals surface area contributed by atoms with Crippen LogP contribution < -0.4 is 16.8 Å². The lowest BCUT2D eigenvalue weighted by Crippen LogP contribution is -2.36. The van der Waals surface area contributed by atoms with Crippen molar-refractivity contribution in [3.05, 3.63) is 0 Å². The zero-order valence-electron chi connectivity index (χ0n) is 14.4. The molecule has 1 aromatic heterocycles. The summed E-state index contributed by atoms with van der Waals surface area (Å²) in [5.74, 6) is 0.813. The van der Waals surface area contributed by atoms with Crippen LogP contribution in [0.1, 0.15) is 78.6 Å². The summed E-state index contributed by atoms with van der Waals surface area (Å²) in [7, 11) is 0. The van der Waals surface area contributed by atoms with E-state index in [0.717, 1.165) is 12.8 Å². The minimum Gasteiger partial charge on any atom is -0.368 e. The quantitative estimate of drug-likeness (QED) is 0.538. The minimum atomic E-state index is -0.0247. The van der Waals surface area contributed by atoms with Gasteiger partial charge in [-0.05, 0) is 19.8 Å². The Kier molecular flexibility index (Phi) is 7.91. The van der Waals surface area contributed by atoms with Gasteiger partial charge in [-0.1, -0.05) is 58.8 Å². The zero-order chi connectivity index (χ0) is 16.4. The third kappa shape index (κ3) is 6.91. The van der Waals surface area contributed by atoms with Crippen LogP contribution in [0.15, 0.2) is 0 Å². The molecule has 1 rings (SSSR count). The van der Waals surface area contributed by atoms with E-state index in [2.05, 4.69) is 41.0 Å². The molecule has 0 aliphatic rings. The zero-order valence-corrected chi connectivity index (χ0v) is 14.4. The molecule has 1 atom stereocenters. The van der Waals surface area contributed by atoms with Crippen LogP contribution in [-0.2, 0) is 0 Å². The summed E-state index contributed by atoms with van der Waals surface area (Å²) in [5.41, 5.74) is 11.3. The van der Waals surface area contributed by atoms with E-state index in [4.69, 9.17) is 11.5 Å². The van der Waals surface area contributed by atoms with Crippen molar-refractivity contribution >= 4 is 17.8 Å². The van der Waals surface area contributed by atoms with Crippen LogP contribution in [0.4, 0.5) is 17.8 Å². The van der Waals surface area contributed by atoms with E-state index >= 15 is 0 Å². The van der Waals surface area contributed by atoms with Crippen LogP contribution >= 0.6 is 0 Å².